The molecule has 5 rings (SSSR count). The summed E-state index contributed by atoms with van der Waals surface area (Å²) in [5.41, 5.74) is 0.232. The van der Waals surface area contributed by atoms with Crippen molar-refractivity contribution < 1.29 is 31.9 Å². The maximum absolute atomic E-state index is 14.3. The van der Waals surface area contributed by atoms with E-state index in [2.05, 4.69) is 20.5 Å². The zero-order valence-electron chi connectivity index (χ0n) is 20.4. The highest BCUT2D eigenvalue weighted by molar-refractivity contribution is 5.94. The lowest BCUT2D eigenvalue weighted by atomic mass is 9.84. The molecule has 200 valence electrons. The number of carbonyl (C=O) groups is 2. The minimum atomic E-state index is -4.18. The number of amides is 2. The molecular formula is C25H29F4N5O3. The van der Waals surface area contributed by atoms with Crippen LogP contribution in [0, 0.1) is 17.7 Å². The molecule has 0 unspecified atom stereocenters. The molecule has 2 aliphatic carbocycles. The molecule has 0 radical (unpaired) electrons. The summed E-state index contributed by atoms with van der Waals surface area (Å²) in [6, 6.07) is 2.67. The number of aromatic amines is 1. The minimum absolute atomic E-state index is 0.0349. The van der Waals surface area contributed by atoms with Crippen LogP contribution in [0.3, 0.4) is 0 Å². The third kappa shape index (κ3) is 5.15. The quantitative estimate of drug-likeness (QED) is 0.571. The van der Waals surface area contributed by atoms with Gasteiger partial charge in [0.25, 0.3) is 5.91 Å². The predicted molar refractivity (Wildman–Crippen MR) is 124 cm³/mol. The van der Waals surface area contributed by atoms with Gasteiger partial charge in [0.15, 0.2) is 11.5 Å². The van der Waals surface area contributed by atoms with Crippen molar-refractivity contribution in [3.8, 4) is 17.1 Å². The molecule has 1 saturated heterocycles. The Kier molecular flexibility index (Phi) is 6.61. The van der Waals surface area contributed by atoms with E-state index in [1.165, 1.54) is 19.2 Å². The normalized spacial score (nSPS) is 25.1. The van der Waals surface area contributed by atoms with Crippen molar-refractivity contribution in [3.63, 3.8) is 0 Å². The Hall–Kier alpha value is -3.18. The summed E-state index contributed by atoms with van der Waals surface area (Å²) in [5.74, 6) is -2.36. The molecule has 8 nitrogen and oxygen atoms in total. The first-order chi connectivity index (χ1) is 17.6. The van der Waals surface area contributed by atoms with Crippen LogP contribution in [0.2, 0.25) is 0 Å². The van der Waals surface area contributed by atoms with Crippen LogP contribution in [0.4, 0.5) is 17.6 Å². The SMILES string of the molecule is COc1cc(-c2cc(C(=O)N3CC[C@@H](C(=O)N[C@H]4CC[C@@H](C(F)(F)F)CC4)CC34CC4)n[nH]2)c(F)cn1. The van der Waals surface area contributed by atoms with E-state index in [0.717, 1.165) is 19.0 Å². The van der Waals surface area contributed by atoms with E-state index < -0.39 is 23.5 Å². The Morgan fingerprint density at radius 3 is 2.54 bits per heavy atom. The number of piperidine rings is 1. The second-order valence-corrected chi connectivity index (χ2v) is 10.3. The Balaban J connectivity index is 1.20. The van der Waals surface area contributed by atoms with Crippen molar-refractivity contribution in [2.75, 3.05) is 13.7 Å². The number of nitrogens with zero attached hydrogens (tertiary/aromatic N) is 3. The van der Waals surface area contributed by atoms with Gasteiger partial charge in [0, 0.05) is 35.7 Å². The average molecular weight is 524 g/mol. The molecule has 1 aliphatic heterocycles. The topological polar surface area (TPSA) is 100 Å². The molecule has 37 heavy (non-hydrogen) atoms. The van der Waals surface area contributed by atoms with Crippen molar-refractivity contribution >= 4 is 11.8 Å². The largest absolute Gasteiger partial charge is 0.481 e. The fraction of sp³-hybridized carbons (Fsp3) is 0.600. The predicted octanol–water partition coefficient (Wildman–Crippen LogP) is 4.24. The molecule has 2 N–H and O–H groups in total. The molecule has 3 aliphatic rings. The maximum Gasteiger partial charge on any atom is 0.391 e. The van der Waals surface area contributed by atoms with Gasteiger partial charge in [-0.3, -0.25) is 14.7 Å². The van der Waals surface area contributed by atoms with Gasteiger partial charge >= 0.3 is 6.18 Å². The summed E-state index contributed by atoms with van der Waals surface area (Å²) in [6.45, 7) is 0.372. The number of pyridine rings is 1. The lowest BCUT2D eigenvalue weighted by Crippen LogP contribution is -2.52. The van der Waals surface area contributed by atoms with Crippen molar-refractivity contribution in [1.29, 1.82) is 0 Å². The van der Waals surface area contributed by atoms with E-state index in [9.17, 15) is 27.2 Å². The van der Waals surface area contributed by atoms with Crippen LogP contribution in [-0.4, -0.2) is 63.3 Å². The van der Waals surface area contributed by atoms with E-state index in [1.54, 1.807) is 4.90 Å². The zero-order chi connectivity index (χ0) is 26.4. The Bertz CT molecular complexity index is 1170. The molecule has 2 aromatic rings. The molecule has 3 heterocycles. The first-order valence-corrected chi connectivity index (χ1v) is 12.5. The number of nitrogens with one attached hydrogen (secondary N) is 2. The average Bonchev–Trinajstić information content (AvgIpc) is 3.45. The minimum Gasteiger partial charge on any atom is -0.481 e. The second kappa shape index (κ2) is 9.60. The Labute approximate surface area is 211 Å². The van der Waals surface area contributed by atoms with Crippen LogP contribution < -0.4 is 10.1 Å². The summed E-state index contributed by atoms with van der Waals surface area (Å²) in [7, 11) is 1.42. The molecule has 2 amide bonds. The van der Waals surface area contributed by atoms with Crippen LogP contribution in [0.1, 0.15) is 61.9 Å². The number of hydrogen-bond donors (Lipinski definition) is 2. The van der Waals surface area contributed by atoms with Crippen molar-refractivity contribution in [1.82, 2.24) is 25.4 Å². The fourth-order valence-electron chi connectivity index (χ4n) is 5.68. The van der Waals surface area contributed by atoms with Gasteiger partial charge in [-0.1, -0.05) is 0 Å². The summed E-state index contributed by atoms with van der Waals surface area (Å²) >= 11 is 0. The van der Waals surface area contributed by atoms with Crippen molar-refractivity contribution in [3.05, 3.63) is 29.8 Å². The van der Waals surface area contributed by atoms with Gasteiger partial charge in [-0.2, -0.15) is 18.3 Å². The van der Waals surface area contributed by atoms with Crippen LogP contribution in [0.25, 0.3) is 11.3 Å². The van der Waals surface area contributed by atoms with Crippen LogP contribution in [0.15, 0.2) is 18.3 Å². The lowest BCUT2D eigenvalue weighted by Gasteiger charge is -2.40. The van der Waals surface area contributed by atoms with Gasteiger partial charge < -0.3 is 15.0 Å². The molecule has 0 bridgehead atoms. The first-order valence-electron chi connectivity index (χ1n) is 12.5. The smallest absolute Gasteiger partial charge is 0.391 e. The maximum atomic E-state index is 14.3. The van der Waals surface area contributed by atoms with Gasteiger partial charge in [-0.25, -0.2) is 9.37 Å². The number of halogens is 4. The van der Waals surface area contributed by atoms with E-state index in [-0.39, 0.29) is 53.8 Å². The molecular weight excluding hydrogens is 494 g/mol. The number of ether oxygens (including phenoxy) is 1. The molecule has 1 spiro atoms. The number of rotatable bonds is 5. The van der Waals surface area contributed by atoms with Gasteiger partial charge in [0.1, 0.15) is 0 Å². The molecule has 1 atom stereocenters. The fourth-order valence-corrected chi connectivity index (χ4v) is 5.68. The number of H-pyrrole nitrogens is 1. The van der Waals surface area contributed by atoms with Crippen LogP contribution in [0.5, 0.6) is 5.88 Å². The lowest BCUT2D eigenvalue weighted by molar-refractivity contribution is -0.182. The third-order valence-electron chi connectivity index (χ3n) is 8.01. The number of hydrogen-bond acceptors (Lipinski definition) is 5. The second-order valence-electron chi connectivity index (χ2n) is 10.3. The van der Waals surface area contributed by atoms with E-state index in [1.807, 2.05) is 0 Å². The van der Waals surface area contributed by atoms with Gasteiger partial charge in [-0.15, -0.1) is 0 Å². The highest BCUT2D eigenvalue weighted by Gasteiger charge is 2.55. The number of likely N-dealkylation sites (tertiary alicyclic amines) is 1. The number of methoxy groups -OCH3 is 1. The molecule has 12 heteroatoms. The van der Waals surface area contributed by atoms with Crippen molar-refractivity contribution in [2.45, 2.75) is 69.1 Å². The monoisotopic (exact) mass is 523 g/mol. The standard InChI is InChI=1S/C25H29F4N5O3/c1-37-21-10-17(18(26)13-30-21)19-11-20(33-32-19)23(36)34-9-6-14(12-24(34)7-8-24)22(35)31-16-4-2-15(3-5-16)25(27,28)29/h10-11,13-16H,2-9,12H2,1H3,(H,31,35)(H,32,33)/t14-,15-,16+/m1/s1. The van der Waals surface area contributed by atoms with E-state index in [4.69, 9.17) is 4.74 Å². The highest BCUT2D eigenvalue weighted by Crippen LogP contribution is 2.50. The number of aromatic nitrogens is 3. The number of alkyl halides is 3. The van der Waals surface area contributed by atoms with Gasteiger partial charge in [0.2, 0.25) is 11.8 Å². The van der Waals surface area contributed by atoms with E-state index >= 15 is 0 Å². The molecule has 0 aromatic carbocycles. The Morgan fingerprint density at radius 1 is 1.16 bits per heavy atom. The van der Waals surface area contributed by atoms with E-state index in [0.29, 0.717) is 37.9 Å². The van der Waals surface area contributed by atoms with Crippen LogP contribution in [-0.2, 0) is 4.79 Å². The number of carbonyl (C=O) groups excluding carboxylic acids is 2. The first kappa shape index (κ1) is 25.5. The third-order valence-corrected chi connectivity index (χ3v) is 8.01. The molecule has 2 aromatic heterocycles. The molecule has 2 saturated carbocycles. The highest BCUT2D eigenvalue weighted by atomic mass is 19.4. The van der Waals surface area contributed by atoms with Crippen LogP contribution >= 0.6 is 0 Å². The molecule has 3 fully saturated rings. The zero-order valence-corrected chi connectivity index (χ0v) is 20.4. The van der Waals surface area contributed by atoms with Gasteiger partial charge in [-0.05, 0) is 57.4 Å². The van der Waals surface area contributed by atoms with Gasteiger partial charge in [0.05, 0.1) is 24.9 Å². The summed E-state index contributed by atoms with van der Waals surface area (Å²) in [6.07, 6.45) is 0.0859. The van der Waals surface area contributed by atoms with Crippen molar-refractivity contribution in [2.24, 2.45) is 11.8 Å². The summed E-state index contributed by atoms with van der Waals surface area (Å²) in [4.78, 5) is 31.9. The Morgan fingerprint density at radius 2 is 1.89 bits per heavy atom. The summed E-state index contributed by atoms with van der Waals surface area (Å²) in [5, 5.41) is 9.78. The summed E-state index contributed by atoms with van der Waals surface area (Å²) < 4.78 is 58.1.